The zero-order valence-electron chi connectivity index (χ0n) is 39.8. The van der Waals surface area contributed by atoms with Crippen LogP contribution in [0.2, 0.25) is 0 Å². The summed E-state index contributed by atoms with van der Waals surface area (Å²) in [6.45, 7) is 6.29. The molecule has 6 nitrogen and oxygen atoms in total. The molecular formula is C56H90O6. The fourth-order valence-corrected chi connectivity index (χ4v) is 6.32. The molecule has 0 aromatic carbocycles. The second kappa shape index (κ2) is 49.7. The van der Waals surface area contributed by atoms with E-state index < -0.39 is 6.10 Å². The molecule has 0 saturated carbocycles. The standard InChI is InChI=1S/C56H90O6/c1-4-7-10-13-16-19-22-25-28-29-32-34-37-40-43-46-49-55(58)61-52-53(62-56(59)50-47-44-41-38-35-31-27-24-21-18-15-12-9-6-3)51-60-54(57)48-45-42-39-36-33-30-26-23-20-17-14-11-8-5-2/h7,9-10,12,16,18-19,21,25,27-28,30-34,40,43,53H,4-6,8,11,13-15,17,20,22-24,26,29,35-39,41-42,44-52H2,1-3H3/b10-7-,12-9-,19-16-,21-18-,28-25-,31-27-,33-30-,34-32-,43-40-. The highest BCUT2D eigenvalue weighted by Crippen LogP contribution is 2.12. The van der Waals surface area contributed by atoms with E-state index in [0.717, 1.165) is 116 Å². The molecule has 0 bridgehead atoms. The summed E-state index contributed by atoms with van der Waals surface area (Å²) in [5.41, 5.74) is 0. The summed E-state index contributed by atoms with van der Waals surface area (Å²) in [6.07, 6.45) is 66.5. The molecule has 350 valence electrons. The van der Waals surface area contributed by atoms with Gasteiger partial charge in [-0.1, -0.05) is 188 Å². The van der Waals surface area contributed by atoms with Crippen LogP contribution in [0.4, 0.5) is 0 Å². The lowest BCUT2D eigenvalue weighted by Gasteiger charge is -2.18. The van der Waals surface area contributed by atoms with Gasteiger partial charge in [-0.2, -0.15) is 0 Å². The summed E-state index contributed by atoms with van der Waals surface area (Å²) in [5.74, 6) is -1.05. The second-order valence-electron chi connectivity index (χ2n) is 16.0. The summed E-state index contributed by atoms with van der Waals surface area (Å²) < 4.78 is 16.7. The molecule has 0 amide bonds. The normalized spacial score (nSPS) is 13.0. The Morgan fingerprint density at radius 2 is 0.661 bits per heavy atom. The van der Waals surface area contributed by atoms with Gasteiger partial charge in [0.1, 0.15) is 13.2 Å². The first-order valence-electron chi connectivity index (χ1n) is 24.9. The lowest BCUT2D eigenvalue weighted by molar-refractivity contribution is -0.166. The monoisotopic (exact) mass is 859 g/mol. The van der Waals surface area contributed by atoms with E-state index in [0.29, 0.717) is 12.8 Å². The zero-order chi connectivity index (χ0) is 45.1. The SMILES string of the molecule is CC/C=C\C/C=C\C/C=C\C/C=C\C/C=C\CCC(=O)OCC(COC(=O)CCCCC/C=C\CCCCCCCCC)OC(=O)CCCCCC/C=C\C/C=C\C/C=C\CC. The Balaban J connectivity index is 4.57. The third-order valence-corrected chi connectivity index (χ3v) is 10.0. The van der Waals surface area contributed by atoms with Gasteiger partial charge in [-0.15, -0.1) is 0 Å². The number of hydrogen-bond acceptors (Lipinski definition) is 6. The van der Waals surface area contributed by atoms with Gasteiger partial charge >= 0.3 is 17.9 Å². The minimum Gasteiger partial charge on any atom is -0.462 e. The number of hydrogen-bond donors (Lipinski definition) is 0. The largest absolute Gasteiger partial charge is 0.462 e. The summed E-state index contributed by atoms with van der Waals surface area (Å²) in [6, 6.07) is 0. The third kappa shape index (κ3) is 47.1. The van der Waals surface area contributed by atoms with Crippen molar-refractivity contribution in [1.82, 2.24) is 0 Å². The van der Waals surface area contributed by atoms with Crippen molar-refractivity contribution < 1.29 is 28.6 Å². The molecule has 6 heteroatoms. The molecule has 0 rings (SSSR count). The van der Waals surface area contributed by atoms with Crippen LogP contribution in [-0.4, -0.2) is 37.2 Å². The van der Waals surface area contributed by atoms with Crippen LogP contribution in [-0.2, 0) is 28.6 Å². The van der Waals surface area contributed by atoms with Crippen molar-refractivity contribution in [2.24, 2.45) is 0 Å². The van der Waals surface area contributed by atoms with Crippen LogP contribution in [0, 0.1) is 0 Å². The number of carbonyl (C=O) groups excluding carboxylic acids is 3. The van der Waals surface area contributed by atoms with Crippen LogP contribution >= 0.6 is 0 Å². The van der Waals surface area contributed by atoms with E-state index >= 15 is 0 Å². The van der Waals surface area contributed by atoms with E-state index in [-0.39, 0.29) is 44.0 Å². The minimum absolute atomic E-state index is 0.120. The third-order valence-electron chi connectivity index (χ3n) is 10.0. The fraction of sp³-hybridized carbons (Fsp3) is 0.625. The van der Waals surface area contributed by atoms with Crippen molar-refractivity contribution >= 4 is 17.9 Å². The highest BCUT2D eigenvalue weighted by molar-refractivity contribution is 5.71. The number of rotatable bonds is 43. The molecule has 1 unspecified atom stereocenters. The van der Waals surface area contributed by atoms with E-state index in [1.165, 1.54) is 44.9 Å². The molecule has 1 atom stereocenters. The first-order valence-corrected chi connectivity index (χ1v) is 24.9. The predicted molar refractivity (Wildman–Crippen MR) is 265 cm³/mol. The molecule has 0 saturated heterocycles. The van der Waals surface area contributed by atoms with Crippen molar-refractivity contribution in [2.75, 3.05) is 13.2 Å². The zero-order valence-corrected chi connectivity index (χ0v) is 39.8. The average Bonchev–Trinajstić information content (AvgIpc) is 3.27. The Hall–Kier alpha value is -3.93. The number of carbonyl (C=O) groups is 3. The number of allylic oxidation sites excluding steroid dienone is 18. The Morgan fingerprint density at radius 1 is 0.339 bits per heavy atom. The van der Waals surface area contributed by atoms with E-state index in [9.17, 15) is 14.4 Å². The Bertz CT molecular complexity index is 1310. The Morgan fingerprint density at radius 3 is 1.11 bits per heavy atom. The molecular weight excluding hydrogens is 769 g/mol. The molecule has 0 spiro atoms. The van der Waals surface area contributed by atoms with Gasteiger partial charge in [0, 0.05) is 19.3 Å². The fourth-order valence-electron chi connectivity index (χ4n) is 6.32. The maximum Gasteiger partial charge on any atom is 0.306 e. The van der Waals surface area contributed by atoms with Gasteiger partial charge in [-0.3, -0.25) is 14.4 Å². The van der Waals surface area contributed by atoms with E-state index in [2.05, 4.69) is 118 Å². The van der Waals surface area contributed by atoms with Gasteiger partial charge in [-0.05, 0) is 109 Å². The van der Waals surface area contributed by atoms with Crippen LogP contribution in [0.1, 0.15) is 207 Å². The number of unbranched alkanes of at least 4 members (excludes halogenated alkanes) is 14. The average molecular weight is 859 g/mol. The molecule has 0 radical (unpaired) electrons. The molecule has 0 aromatic heterocycles. The van der Waals surface area contributed by atoms with Crippen LogP contribution < -0.4 is 0 Å². The molecule has 0 fully saturated rings. The smallest absolute Gasteiger partial charge is 0.306 e. The molecule has 0 aliphatic rings. The van der Waals surface area contributed by atoms with Crippen LogP contribution in [0.3, 0.4) is 0 Å². The first kappa shape index (κ1) is 58.1. The molecule has 0 heterocycles. The summed E-state index contributed by atoms with van der Waals surface area (Å²) in [7, 11) is 0. The van der Waals surface area contributed by atoms with Gasteiger partial charge < -0.3 is 14.2 Å². The summed E-state index contributed by atoms with van der Waals surface area (Å²) in [5, 5.41) is 0. The molecule has 62 heavy (non-hydrogen) atoms. The maximum absolute atomic E-state index is 12.8. The van der Waals surface area contributed by atoms with Gasteiger partial charge in [0.25, 0.3) is 0 Å². The summed E-state index contributed by atoms with van der Waals surface area (Å²) >= 11 is 0. The molecule has 0 aliphatic heterocycles. The van der Waals surface area contributed by atoms with E-state index in [1.807, 2.05) is 12.2 Å². The lowest BCUT2D eigenvalue weighted by Crippen LogP contribution is -2.30. The highest BCUT2D eigenvalue weighted by atomic mass is 16.6. The van der Waals surface area contributed by atoms with Gasteiger partial charge in [0.2, 0.25) is 0 Å². The summed E-state index contributed by atoms with van der Waals surface area (Å²) in [4.78, 5) is 37.9. The topological polar surface area (TPSA) is 78.9 Å². The van der Waals surface area contributed by atoms with Crippen molar-refractivity contribution in [3.8, 4) is 0 Å². The van der Waals surface area contributed by atoms with Crippen molar-refractivity contribution in [3.63, 3.8) is 0 Å². The number of ether oxygens (including phenoxy) is 3. The van der Waals surface area contributed by atoms with Gasteiger partial charge in [0.05, 0.1) is 0 Å². The van der Waals surface area contributed by atoms with Crippen LogP contribution in [0.15, 0.2) is 109 Å². The van der Waals surface area contributed by atoms with E-state index in [1.54, 1.807) is 0 Å². The van der Waals surface area contributed by atoms with Crippen LogP contribution in [0.5, 0.6) is 0 Å². The Kier molecular flexibility index (Phi) is 46.6. The molecule has 0 aliphatic carbocycles. The van der Waals surface area contributed by atoms with Crippen molar-refractivity contribution in [1.29, 1.82) is 0 Å². The van der Waals surface area contributed by atoms with Crippen molar-refractivity contribution in [2.45, 2.75) is 213 Å². The number of esters is 3. The minimum atomic E-state index is -0.826. The first-order chi connectivity index (χ1) is 30.5. The lowest BCUT2D eigenvalue weighted by atomic mass is 10.1. The van der Waals surface area contributed by atoms with Crippen molar-refractivity contribution in [3.05, 3.63) is 109 Å². The molecule has 0 N–H and O–H groups in total. The van der Waals surface area contributed by atoms with Crippen LogP contribution in [0.25, 0.3) is 0 Å². The Labute approximate surface area is 380 Å². The second-order valence-corrected chi connectivity index (χ2v) is 16.0. The van der Waals surface area contributed by atoms with Gasteiger partial charge in [-0.25, -0.2) is 0 Å². The maximum atomic E-state index is 12.8. The van der Waals surface area contributed by atoms with Gasteiger partial charge in [0.15, 0.2) is 6.10 Å². The molecule has 0 aromatic rings. The quantitative estimate of drug-likeness (QED) is 0.0263. The van der Waals surface area contributed by atoms with E-state index in [4.69, 9.17) is 14.2 Å². The highest BCUT2D eigenvalue weighted by Gasteiger charge is 2.19. The predicted octanol–water partition coefficient (Wildman–Crippen LogP) is 16.4.